The number of aromatic nitrogens is 3. The summed E-state index contributed by atoms with van der Waals surface area (Å²) in [5.41, 5.74) is 6.69. The van der Waals surface area contributed by atoms with E-state index in [0.29, 0.717) is 5.82 Å². The predicted octanol–water partition coefficient (Wildman–Crippen LogP) is 2.80. The molecule has 18 heavy (non-hydrogen) atoms. The second-order valence-corrected chi connectivity index (χ2v) is 4.79. The summed E-state index contributed by atoms with van der Waals surface area (Å²) in [6.07, 6.45) is 3.87. The Morgan fingerprint density at radius 1 is 1.11 bits per heavy atom. The van der Waals surface area contributed by atoms with Crippen molar-refractivity contribution >= 4 is 17.7 Å². The van der Waals surface area contributed by atoms with E-state index in [0.717, 1.165) is 24.2 Å². The van der Waals surface area contributed by atoms with Gasteiger partial charge in [-0.1, -0.05) is 19.1 Å². The Labute approximate surface area is 111 Å². The van der Waals surface area contributed by atoms with Crippen LogP contribution in [0.25, 0.3) is 11.4 Å². The van der Waals surface area contributed by atoms with Crippen LogP contribution < -0.4 is 5.73 Å². The number of hydrogen-bond acceptors (Lipinski definition) is 5. The lowest BCUT2D eigenvalue weighted by atomic mass is 10.2. The van der Waals surface area contributed by atoms with Crippen LogP contribution in [0.1, 0.15) is 19.2 Å². The summed E-state index contributed by atoms with van der Waals surface area (Å²) in [6.45, 7) is 2.09. The van der Waals surface area contributed by atoms with E-state index in [1.165, 1.54) is 4.90 Å². The molecule has 0 atom stereocenters. The highest BCUT2D eigenvalue weighted by molar-refractivity contribution is 7.98. The molecule has 1 aromatic heterocycles. The van der Waals surface area contributed by atoms with Gasteiger partial charge >= 0.3 is 0 Å². The van der Waals surface area contributed by atoms with Gasteiger partial charge in [-0.3, -0.25) is 0 Å². The van der Waals surface area contributed by atoms with E-state index >= 15 is 0 Å². The van der Waals surface area contributed by atoms with E-state index in [9.17, 15) is 0 Å². The van der Waals surface area contributed by atoms with Gasteiger partial charge in [0.05, 0.1) is 0 Å². The monoisotopic (exact) mass is 260 g/mol. The SMILES string of the molecule is CCCc1nc(N)nc(-c2ccc(SC)cc2)n1. The third-order valence-electron chi connectivity index (χ3n) is 2.52. The summed E-state index contributed by atoms with van der Waals surface area (Å²) in [6, 6.07) is 8.13. The quantitative estimate of drug-likeness (QED) is 0.856. The second-order valence-electron chi connectivity index (χ2n) is 3.91. The Morgan fingerprint density at radius 2 is 1.83 bits per heavy atom. The van der Waals surface area contributed by atoms with Gasteiger partial charge in [-0.25, -0.2) is 4.98 Å². The van der Waals surface area contributed by atoms with Gasteiger partial charge in [0.15, 0.2) is 5.82 Å². The molecule has 2 rings (SSSR count). The fourth-order valence-corrected chi connectivity index (χ4v) is 2.05. The van der Waals surface area contributed by atoms with Crippen LogP contribution in [0.3, 0.4) is 0 Å². The summed E-state index contributed by atoms with van der Waals surface area (Å²) in [5, 5.41) is 0. The fraction of sp³-hybridized carbons (Fsp3) is 0.308. The van der Waals surface area contributed by atoms with Crippen LogP contribution in [0, 0.1) is 0 Å². The van der Waals surface area contributed by atoms with Crippen LogP contribution in [0.4, 0.5) is 5.95 Å². The minimum Gasteiger partial charge on any atom is -0.368 e. The lowest BCUT2D eigenvalue weighted by molar-refractivity contribution is 0.825. The number of nitrogen functional groups attached to an aromatic ring is 1. The molecule has 2 N–H and O–H groups in total. The van der Waals surface area contributed by atoms with Gasteiger partial charge < -0.3 is 5.73 Å². The average molecular weight is 260 g/mol. The van der Waals surface area contributed by atoms with E-state index < -0.39 is 0 Å². The van der Waals surface area contributed by atoms with Crippen LogP contribution in [-0.4, -0.2) is 21.2 Å². The molecule has 2 aromatic rings. The highest BCUT2D eigenvalue weighted by atomic mass is 32.2. The second kappa shape index (κ2) is 5.82. The largest absolute Gasteiger partial charge is 0.368 e. The molecule has 4 nitrogen and oxygen atoms in total. The molecule has 1 aromatic carbocycles. The van der Waals surface area contributed by atoms with Crippen LogP contribution >= 0.6 is 11.8 Å². The first-order valence-corrected chi connectivity index (χ1v) is 7.10. The number of anilines is 1. The van der Waals surface area contributed by atoms with Gasteiger partial charge in [0.1, 0.15) is 5.82 Å². The summed E-state index contributed by atoms with van der Waals surface area (Å²) < 4.78 is 0. The van der Waals surface area contributed by atoms with Crippen molar-refractivity contribution in [1.82, 2.24) is 15.0 Å². The maximum Gasteiger partial charge on any atom is 0.223 e. The molecule has 1 heterocycles. The average Bonchev–Trinajstić information content (AvgIpc) is 2.38. The van der Waals surface area contributed by atoms with E-state index in [-0.39, 0.29) is 5.95 Å². The number of nitrogens with zero attached hydrogens (tertiary/aromatic N) is 3. The minimum atomic E-state index is 0.289. The lowest BCUT2D eigenvalue weighted by Gasteiger charge is -2.05. The Kier molecular flexibility index (Phi) is 4.15. The van der Waals surface area contributed by atoms with Crippen LogP contribution in [0.5, 0.6) is 0 Å². The summed E-state index contributed by atoms with van der Waals surface area (Å²) >= 11 is 1.71. The van der Waals surface area contributed by atoms with Crippen molar-refractivity contribution in [2.45, 2.75) is 24.7 Å². The van der Waals surface area contributed by atoms with Crippen molar-refractivity contribution in [3.63, 3.8) is 0 Å². The van der Waals surface area contributed by atoms with Gasteiger partial charge in [-0.15, -0.1) is 11.8 Å². The normalized spacial score (nSPS) is 10.6. The minimum absolute atomic E-state index is 0.289. The Hall–Kier alpha value is -1.62. The van der Waals surface area contributed by atoms with Gasteiger partial charge in [0.25, 0.3) is 0 Å². The number of nitrogens with two attached hydrogens (primary N) is 1. The van der Waals surface area contributed by atoms with Crippen molar-refractivity contribution in [2.75, 3.05) is 12.0 Å². The molecule has 0 fully saturated rings. The molecule has 0 amide bonds. The molecule has 0 saturated carbocycles. The molecule has 0 aliphatic rings. The molecular weight excluding hydrogens is 244 g/mol. The van der Waals surface area contributed by atoms with Crippen LogP contribution in [0.15, 0.2) is 29.2 Å². The lowest BCUT2D eigenvalue weighted by Crippen LogP contribution is -2.04. The third-order valence-corrected chi connectivity index (χ3v) is 3.26. The highest BCUT2D eigenvalue weighted by Gasteiger charge is 2.06. The molecule has 0 aliphatic heterocycles. The predicted molar refractivity (Wildman–Crippen MR) is 75.5 cm³/mol. The zero-order valence-electron chi connectivity index (χ0n) is 10.6. The first kappa shape index (κ1) is 12.8. The van der Waals surface area contributed by atoms with Crippen LogP contribution in [0.2, 0.25) is 0 Å². The molecule has 0 unspecified atom stereocenters. The Bertz CT molecular complexity index is 525. The Balaban J connectivity index is 2.36. The number of hydrogen-bond donors (Lipinski definition) is 1. The molecule has 0 bridgehead atoms. The number of thioether (sulfide) groups is 1. The maximum absolute atomic E-state index is 5.72. The fourth-order valence-electron chi connectivity index (χ4n) is 1.64. The highest BCUT2D eigenvalue weighted by Crippen LogP contribution is 2.20. The zero-order chi connectivity index (χ0) is 13.0. The summed E-state index contributed by atoms with van der Waals surface area (Å²) in [7, 11) is 0. The number of aryl methyl sites for hydroxylation is 1. The van der Waals surface area contributed by atoms with E-state index in [2.05, 4.69) is 40.3 Å². The van der Waals surface area contributed by atoms with E-state index in [1.54, 1.807) is 11.8 Å². The van der Waals surface area contributed by atoms with Gasteiger partial charge in [0, 0.05) is 16.9 Å². The Morgan fingerprint density at radius 3 is 2.44 bits per heavy atom. The van der Waals surface area contributed by atoms with E-state index in [1.807, 2.05) is 12.1 Å². The standard InChI is InChI=1S/C13H16N4S/c1-3-4-11-15-12(17-13(14)16-11)9-5-7-10(18-2)8-6-9/h5-8H,3-4H2,1-2H3,(H2,14,15,16,17). The van der Waals surface area contributed by atoms with Crippen molar-refractivity contribution in [1.29, 1.82) is 0 Å². The van der Waals surface area contributed by atoms with Crippen molar-refractivity contribution in [3.05, 3.63) is 30.1 Å². The smallest absolute Gasteiger partial charge is 0.223 e. The van der Waals surface area contributed by atoms with Gasteiger partial charge in [0.2, 0.25) is 5.95 Å². The zero-order valence-corrected chi connectivity index (χ0v) is 11.4. The van der Waals surface area contributed by atoms with Crippen molar-refractivity contribution in [3.8, 4) is 11.4 Å². The number of rotatable bonds is 4. The summed E-state index contributed by atoms with van der Waals surface area (Å²) in [5.74, 6) is 1.70. The van der Waals surface area contributed by atoms with E-state index in [4.69, 9.17) is 5.73 Å². The maximum atomic E-state index is 5.72. The molecule has 0 radical (unpaired) electrons. The first-order chi connectivity index (χ1) is 8.72. The van der Waals surface area contributed by atoms with Crippen molar-refractivity contribution in [2.24, 2.45) is 0 Å². The molecule has 0 aliphatic carbocycles. The van der Waals surface area contributed by atoms with Crippen molar-refractivity contribution < 1.29 is 0 Å². The third kappa shape index (κ3) is 2.98. The number of benzene rings is 1. The molecule has 5 heteroatoms. The summed E-state index contributed by atoms with van der Waals surface area (Å²) in [4.78, 5) is 14.0. The topological polar surface area (TPSA) is 64.7 Å². The molecule has 0 saturated heterocycles. The van der Waals surface area contributed by atoms with Crippen LogP contribution in [-0.2, 0) is 6.42 Å². The van der Waals surface area contributed by atoms with Gasteiger partial charge in [-0.2, -0.15) is 9.97 Å². The first-order valence-electron chi connectivity index (χ1n) is 5.87. The van der Waals surface area contributed by atoms with Gasteiger partial charge in [-0.05, 0) is 24.8 Å². The molecule has 0 spiro atoms. The molecule has 94 valence electrons. The molecular formula is C13H16N4S.